The fraction of sp³-hybridized carbons (Fsp3) is 0.600. The summed E-state index contributed by atoms with van der Waals surface area (Å²) < 4.78 is 0. The average molecular weight is 733 g/mol. The van der Waals surface area contributed by atoms with Crippen molar-refractivity contribution in [1.82, 2.24) is 31.5 Å². The van der Waals surface area contributed by atoms with Crippen LogP contribution in [0.4, 0.5) is 4.79 Å². The number of fused-ring (bicyclic) bond motifs is 1. The van der Waals surface area contributed by atoms with Gasteiger partial charge in [-0.05, 0) is 80.5 Å². The standard InChI is InChI=1S/C39H59N5O2.C4H11N.C2H6/c1-11-16-34(27(4)28(5)40-22-12-2)41-29(6)35-19-15-23-44(35)30(7)37(33-24-31-17-13-14-18-32(31)25-33)43-38(46)42-36(39(8,9)10)21-20-26(3)45;1-4(2)5-3;1-2/h12-14,17-18,33-37,40-41H,2,4-7,11,15-16,19-25H2,1,3,8-10H3,(H2,42,43,46);4-5H,1-3H3;1-2H3. The Morgan fingerprint density at radius 3 is 2.06 bits per heavy atom. The van der Waals surface area contributed by atoms with E-state index in [1.165, 1.54) is 11.1 Å². The lowest BCUT2D eigenvalue weighted by Crippen LogP contribution is -2.54. The van der Waals surface area contributed by atoms with Crippen LogP contribution in [0, 0.1) is 11.3 Å². The first-order chi connectivity index (χ1) is 25.0. The van der Waals surface area contributed by atoms with Gasteiger partial charge in [-0.25, -0.2) is 4.79 Å². The first-order valence-electron chi connectivity index (χ1n) is 20.0. The van der Waals surface area contributed by atoms with E-state index in [9.17, 15) is 9.59 Å². The van der Waals surface area contributed by atoms with Crippen molar-refractivity contribution < 1.29 is 9.59 Å². The molecule has 2 amide bonds. The molecular formula is C45H76N6O2. The predicted octanol–water partition coefficient (Wildman–Crippen LogP) is 8.59. The van der Waals surface area contributed by atoms with Crippen LogP contribution in [0.1, 0.15) is 112 Å². The van der Waals surface area contributed by atoms with Gasteiger partial charge in [-0.1, -0.05) is 118 Å². The van der Waals surface area contributed by atoms with Crippen molar-refractivity contribution in [3.05, 3.63) is 97.0 Å². The van der Waals surface area contributed by atoms with Gasteiger partial charge in [0.05, 0.1) is 18.1 Å². The molecule has 8 heteroatoms. The molecule has 3 rings (SSSR count). The molecule has 1 aliphatic heterocycles. The number of hydrogen-bond acceptors (Lipinski definition) is 6. The van der Waals surface area contributed by atoms with Crippen LogP contribution >= 0.6 is 0 Å². The van der Waals surface area contributed by atoms with Crippen LogP contribution in [0.3, 0.4) is 0 Å². The van der Waals surface area contributed by atoms with Crippen LogP contribution in [-0.2, 0) is 17.6 Å². The Balaban J connectivity index is 0.00000184. The second-order valence-electron chi connectivity index (χ2n) is 15.7. The van der Waals surface area contributed by atoms with Gasteiger partial charge in [0.15, 0.2) is 0 Å². The van der Waals surface area contributed by atoms with E-state index < -0.39 is 0 Å². The molecular weight excluding hydrogens is 657 g/mol. The Labute approximate surface area is 324 Å². The second-order valence-corrected chi connectivity index (χ2v) is 15.7. The van der Waals surface area contributed by atoms with Crippen molar-refractivity contribution in [3.63, 3.8) is 0 Å². The monoisotopic (exact) mass is 733 g/mol. The molecule has 0 spiro atoms. The van der Waals surface area contributed by atoms with Gasteiger partial charge in [0.25, 0.3) is 0 Å². The summed E-state index contributed by atoms with van der Waals surface area (Å²) in [6.07, 6.45) is 8.47. The van der Waals surface area contributed by atoms with E-state index >= 15 is 0 Å². The Kier molecular flexibility index (Phi) is 21.2. The highest BCUT2D eigenvalue weighted by molar-refractivity contribution is 5.76. The quantitative estimate of drug-likeness (QED) is 0.0723. The van der Waals surface area contributed by atoms with E-state index in [0.717, 1.165) is 67.7 Å². The molecule has 4 unspecified atom stereocenters. The summed E-state index contributed by atoms with van der Waals surface area (Å²) in [4.78, 5) is 27.9. The van der Waals surface area contributed by atoms with Gasteiger partial charge < -0.3 is 36.3 Å². The van der Waals surface area contributed by atoms with Crippen LogP contribution < -0.4 is 26.6 Å². The zero-order valence-corrected chi connectivity index (χ0v) is 35.2. The van der Waals surface area contributed by atoms with Crippen LogP contribution in [0.25, 0.3) is 0 Å². The summed E-state index contributed by atoms with van der Waals surface area (Å²) in [5.74, 6) is 0.303. The molecule has 0 saturated carbocycles. The molecule has 2 aliphatic rings. The molecule has 1 fully saturated rings. The lowest BCUT2D eigenvalue weighted by molar-refractivity contribution is -0.117. The Bertz CT molecular complexity index is 1330. The maximum Gasteiger partial charge on any atom is 0.315 e. The van der Waals surface area contributed by atoms with Crippen molar-refractivity contribution in [2.24, 2.45) is 11.3 Å². The van der Waals surface area contributed by atoms with Gasteiger partial charge in [-0.15, -0.1) is 6.58 Å². The first-order valence-corrected chi connectivity index (χ1v) is 20.0. The van der Waals surface area contributed by atoms with Crippen LogP contribution in [0.5, 0.6) is 0 Å². The number of benzene rings is 1. The summed E-state index contributed by atoms with van der Waals surface area (Å²) in [5, 5.41) is 16.6. The second kappa shape index (κ2) is 23.8. The fourth-order valence-electron chi connectivity index (χ4n) is 6.83. The molecule has 5 N–H and O–H groups in total. The third-order valence-electron chi connectivity index (χ3n) is 10.1. The number of nitrogens with one attached hydrogen (secondary N) is 5. The summed E-state index contributed by atoms with van der Waals surface area (Å²) in [7, 11) is 1.95. The Hall–Kier alpha value is -3.78. The number of hydrogen-bond donors (Lipinski definition) is 5. The topological polar surface area (TPSA) is 97.5 Å². The van der Waals surface area contributed by atoms with Crippen molar-refractivity contribution in [3.8, 4) is 0 Å². The first kappa shape index (κ1) is 47.2. The van der Waals surface area contributed by atoms with E-state index in [4.69, 9.17) is 0 Å². The zero-order chi connectivity index (χ0) is 40.3. The summed E-state index contributed by atoms with van der Waals surface area (Å²) in [6, 6.07) is 8.61. The molecule has 298 valence electrons. The van der Waals surface area contributed by atoms with Crippen LogP contribution in [-0.4, -0.2) is 67.1 Å². The number of carbonyl (C=O) groups excluding carboxylic acids is 2. The third kappa shape index (κ3) is 15.6. The predicted molar refractivity (Wildman–Crippen MR) is 228 cm³/mol. The molecule has 0 aromatic heterocycles. The number of likely N-dealkylation sites (tertiary alicyclic amines) is 1. The molecule has 1 heterocycles. The number of amides is 2. The summed E-state index contributed by atoms with van der Waals surface area (Å²) >= 11 is 0. The minimum Gasteiger partial charge on any atom is -0.382 e. The van der Waals surface area contributed by atoms with E-state index in [1.54, 1.807) is 6.92 Å². The van der Waals surface area contributed by atoms with Crippen molar-refractivity contribution >= 4 is 11.8 Å². The van der Waals surface area contributed by atoms with Crippen molar-refractivity contribution in [2.75, 3.05) is 20.1 Å². The largest absolute Gasteiger partial charge is 0.382 e. The molecule has 1 saturated heterocycles. The highest BCUT2D eigenvalue weighted by atomic mass is 16.2. The van der Waals surface area contributed by atoms with Crippen molar-refractivity contribution in [2.45, 2.75) is 144 Å². The van der Waals surface area contributed by atoms with Gasteiger partial charge in [-0.3, -0.25) is 0 Å². The minimum atomic E-state index is -0.265. The van der Waals surface area contributed by atoms with E-state index in [0.29, 0.717) is 25.4 Å². The van der Waals surface area contributed by atoms with Gasteiger partial charge in [-0.2, -0.15) is 0 Å². The maximum atomic E-state index is 13.7. The normalized spacial score (nSPS) is 16.7. The smallest absolute Gasteiger partial charge is 0.315 e. The number of ketones is 1. The zero-order valence-electron chi connectivity index (χ0n) is 35.2. The Morgan fingerprint density at radius 2 is 1.57 bits per heavy atom. The Morgan fingerprint density at radius 1 is 0.981 bits per heavy atom. The lowest BCUT2D eigenvalue weighted by atomic mass is 9.83. The van der Waals surface area contributed by atoms with Crippen LogP contribution in [0.2, 0.25) is 0 Å². The molecule has 1 aliphatic carbocycles. The molecule has 0 radical (unpaired) electrons. The SMILES string of the molecule is C=CCNC(=C)C(=C)C(CCC)NC(=C)C1CCCN1C(=C)C(NC(=O)NC(CCC(C)=O)C(C)(C)C)C1Cc2ccccc2C1.CC.CNC(C)C. The summed E-state index contributed by atoms with van der Waals surface area (Å²) in [6.45, 7) is 41.3. The summed E-state index contributed by atoms with van der Waals surface area (Å²) in [5.41, 5.74) is 6.04. The van der Waals surface area contributed by atoms with E-state index in [1.807, 2.05) is 27.0 Å². The maximum absolute atomic E-state index is 13.7. The number of Topliss-reactive ketones (excluding diaryl/α,β-unsaturated/α-hetero) is 1. The number of nitrogens with zero attached hydrogens (tertiary/aromatic N) is 1. The van der Waals surface area contributed by atoms with Gasteiger partial charge in [0.2, 0.25) is 0 Å². The highest BCUT2D eigenvalue weighted by Crippen LogP contribution is 2.35. The molecule has 53 heavy (non-hydrogen) atoms. The molecule has 0 bridgehead atoms. The van der Waals surface area contributed by atoms with E-state index in [-0.39, 0.29) is 47.3 Å². The number of urea groups is 1. The van der Waals surface area contributed by atoms with Crippen molar-refractivity contribution in [1.29, 1.82) is 0 Å². The number of rotatable bonds is 19. The average Bonchev–Trinajstić information content (AvgIpc) is 3.79. The molecule has 1 aromatic rings. The van der Waals surface area contributed by atoms with Gasteiger partial charge in [0.1, 0.15) is 5.78 Å². The molecule has 1 aromatic carbocycles. The van der Waals surface area contributed by atoms with Gasteiger partial charge in [0, 0.05) is 48.7 Å². The van der Waals surface area contributed by atoms with Gasteiger partial charge >= 0.3 is 6.03 Å². The van der Waals surface area contributed by atoms with E-state index in [2.05, 4.69) is 130 Å². The third-order valence-corrected chi connectivity index (χ3v) is 10.1. The minimum absolute atomic E-state index is 0.00592. The lowest BCUT2D eigenvalue weighted by Gasteiger charge is -2.38. The number of carbonyl (C=O) groups is 2. The fourth-order valence-corrected chi connectivity index (χ4v) is 6.83. The highest BCUT2D eigenvalue weighted by Gasteiger charge is 2.38. The molecule has 4 atom stereocenters. The van der Waals surface area contributed by atoms with Crippen LogP contribution in [0.15, 0.2) is 85.9 Å². The molecule has 8 nitrogen and oxygen atoms in total.